The van der Waals surface area contributed by atoms with Crippen molar-refractivity contribution in [1.82, 2.24) is 4.57 Å². The maximum Gasteiger partial charge on any atom is 0.142 e. The number of nitrogens with zero attached hydrogens (tertiary/aromatic N) is 1. The van der Waals surface area contributed by atoms with Gasteiger partial charge < -0.3 is 9.30 Å². The maximum atomic E-state index is 5.39. The fourth-order valence-corrected chi connectivity index (χ4v) is 2.06. The van der Waals surface area contributed by atoms with Gasteiger partial charge in [-0.1, -0.05) is 18.2 Å². The minimum absolute atomic E-state index is 0.873. The lowest BCUT2D eigenvalue weighted by atomic mass is 10.2. The van der Waals surface area contributed by atoms with Gasteiger partial charge in [-0.25, -0.2) is 0 Å². The Hall–Kier alpha value is -2.22. The van der Waals surface area contributed by atoms with Gasteiger partial charge in [0.05, 0.1) is 18.3 Å². The van der Waals surface area contributed by atoms with Crippen molar-refractivity contribution in [2.45, 2.75) is 0 Å². The van der Waals surface area contributed by atoms with Crippen LogP contribution in [0.15, 0.2) is 54.7 Å². The lowest BCUT2D eigenvalue weighted by Gasteiger charge is -2.10. The predicted octanol–water partition coefficient (Wildman–Crippen LogP) is 3.44. The zero-order valence-electron chi connectivity index (χ0n) is 9.55. The number of ether oxygens (including phenoxy) is 1. The Morgan fingerprint density at radius 2 is 2.00 bits per heavy atom. The molecule has 17 heavy (non-hydrogen) atoms. The van der Waals surface area contributed by atoms with Crippen LogP contribution in [0.1, 0.15) is 0 Å². The van der Waals surface area contributed by atoms with E-state index in [4.69, 9.17) is 4.74 Å². The normalized spacial score (nSPS) is 10.6. The Labute approximate surface area is 100 Å². The number of hydrogen-bond acceptors (Lipinski definition) is 1. The Kier molecular flexibility index (Phi) is 2.33. The summed E-state index contributed by atoms with van der Waals surface area (Å²) in [5.41, 5.74) is 2.21. The van der Waals surface area contributed by atoms with Gasteiger partial charge in [-0.3, -0.25) is 0 Å². The molecular weight excluding hydrogens is 210 g/mol. The van der Waals surface area contributed by atoms with Crippen molar-refractivity contribution < 1.29 is 4.74 Å². The van der Waals surface area contributed by atoms with Gasteiger partial charge in [0.2, 0.25) is 0 Å². The fraction of sp³-hybridized carbons (Fsp3) is 0.0667. The Morgan fingerprint density at radius 3 is 2.88 bits per heavy atom. The van der Waals surface area contributed by atoms with E-state index in [1.54, 1.807) is 7.11 Å². The lowest BCUT2D eigenvalue weighted by molar-refractivity contribution is 0.413. The van der Waals surface area contributed by atoms with E-state index in [9.17, 15) is 0 Å². The maximum absolute atomic E-state index is 5.39. The highest BCUT2D eigenvalue weighted by Crippen LogP contribution is 2.26. The van der Waals surface area contributed by atoms with E-state index in [1.807, 2.05) is 30.3 Å². The molecular formula is C15H12NO. The van der Waals surface area contributed by atoms with E-state index < -0.39 is 0 Å². The number of rotatable bonds is 2. The summed E-state index contributed by atoms with van der Waals surface area (Å²) in [5.74, 6) is 0.873. The molecule has 0 aliphatic carbocycles. The summed E-state index contributed by atoms with van der Waals surface area (Å²) in [5, 5.41) is 1.18. The molecule has 0 aliphatic rings. The van der Waals surface area contributed by atoms with Gasteiger partial charge >= 0.3 is 0 Å². The molecule has 0 amide bonds. The van der Waals surface area contributed by atoms with Crippen LogP contribution < -0.4 is 4.74 Å². The van der Waals surface area contributed by atoms with Gasteiger partial charge in [-0.15, -0.1) is 0 Å². The van der Waals surface area contributed by atoms with Gasteiger partial charge in [-0.2, -0.15) is 0 Å². The molecule has 0 N–H and O–H groups in total. The van der Waals surface area contributed by atoms with Crippen molar-refractivity contribution in [3.63, 3.8) is 0 Å². The van der Waals surface area contributed by atoms with Crippen molar-refractivity contribution >= 4 is 10.9 Å². The molecule has 0 spiro atoms. The van der Waals surface area contributed by atoms with Crippen LogP contribution in [0, 0.1) is 6.07 Å². The highest BCUT2D eigenvalue weighted by molar-refractivity contribution is 5.82. The van der Waals surface area contributed by atoms with Crippen molar-refractivity contribution in [3.8, 4) is 11.4 Å². The Bertz CT molecular complexity index is 655. The van der Waals surface area contributed by atoms with Crippen LogP contribution in [0.4, 0.5) is 0 Å². The molecule has 2 nitrogen and oxygen atoms in total. The largest absolute Gasteiger partial charge is 0.495 e. The summed E-state index contributed by atoms with van der Waals surface area (Å²) < 4.78 is 7.52. The van der Waals surface area contributed by atoms with Crippen LogP contribution in [0.2, 0.25) is 0 Å². The highest BCUT2D eigenvalue weighted by Gasteiger charge is 2.06. The number of para-hydroxylation sites is 2. The molecule has 1 radical (unpaired) electrons. The third kappa shape index (κ3) is 1.58. The van der Waals surface area contributed by atoms with Gasteiger partial charge in [0.1, 0.15) is 5.75 Å². The zero-order chi connectivity index (χ0) is 11.7. The first kappa shape index (κ1) is 9.97. The van der Waals surface area contributed by atoms with Gasteiger partial charge in [0.15, 0.2) is 0 Å². The van der Waals surface area contributed by atoms with E-state index in [2.05, 4.69) is 35.0 Å². The number of methoxy groups -OCH3 is 1. The quantitative estimate of drug-likeness (QED) is 0.648. The molecule has 2 aromatic carbocycles. The van der Waals surface area contributed by atoms with Crippen molar-refractivity contribution in [1.29, 1.82) is 0 Å². The molecule has 2 heteroatoms. The topological polar surface area (TPSA) is 14.2 Å². The van der Waals surface area contributed by atoms with Crippen molar-refractivity contribution in [2.24, 2.45) is 0 Å². The second-order valence-electron chi connectivity index (χ2n) is 3.84. The summed E-state index contributed by atoms with van der Waals surface area (Å²) in [6, 6.07) is 19.1. The number of benzene rings is 2. The highest BCUT2D eigenvalue weighted by atomic mass is 16.5. The second kappa shape index (κ2) is 3.98. The molecule has 0 aliphatic heterocycles. The first-order chi connectivity index (χ1) is 8.40. The molecule has 0 saturated heterocycles. The minimum Gasteiger partial charge on any atom is -0.495 e. The van der Waals surface area contributed by atoms with Crippen molar-refractivity contribution in [2.75, 3.05) is 7.11 Å². The summed E-state index contributed by atoms with van der Waals surface area (Å²) in [6.07, 6.45) is 2.05. The Morgan fingerprint density at radius 1 is 1.12 bits per heavy atom. The molecule has 1 heterocycles. The number of aromatic nitrogens is 1. The fourth-order valence-electron chi connectivity index (χ4n) is 2.06. The molecule has 0 atom stereocenters. The van der Waals surface area contributed by atoms with Gasteiger partial charge in [-0.05, 0) is 36.4 Å². The summed E-state index contributed by atoms with van der Waals surface area (Å²) in [7, 11) is 1.69. The van der Waals surface area contributed by atoms with E-state index in [1.165, 1.54) is 5.39 Å². The zero-order valence-corrected chi connectivity index (χ0v) is 9.55. The monoisotopic (exact) mass is 222 g/mol. The first-order valence-corrected chi connectivity index (χ1v) is 5.51. The molecule has 0 unspecified atom stereocenters. The summed E-state index contributed by atoms with van der Waals surface area (Å²) >= 11 is 0. The molecule has 0 fully saturated rings. The van der Waals surface area contributed by atoms with Crippen LogP contribution >= 0.6 is 0 Å². The smallest absolute Gasteiger partial charge is 0.142 e. The summed E-state index contributed by atoms with van der Waals surface area (Å²) in [6.45, 7) is 0. The standard InChI is InChI=1S/C15H12NO/c1-17-15-9-5-4-8-14(15)16-11-10-12-6-2-3-7-13(12)16/h3-11H,1H3. The Balaban J connectivity index is 2.27. The minimum atomic E-state index is 0.873. The summed E-state index contributed by atoms with van der Waals surface area (Å²) in [4.78, 5) is 0. The van der Waals surface area contributed by atoms with E-state index in [0.717, 1.165) is 17.0 Å². The van der Waals surface area contributed by atoms with Crippen LogP contribution in [0.5, 0.6) is 5.75 Å². The predicted molar refractivity (Wildman–Crippen MR) is 68.7 cm³/mol. The van der Waals surface area contributed by atoms with Crippen LogP contribution in [-0.4, -0.2) is 11.7 Å². The van der Waals surface area contributed by atoms with E-state index in [-0.39, 0.29) is 0 Å². The number of fused-ring (bicyclic) bond motifs is 1. The van der Waals surface area contributed by atoms with Gasteiger partial charge in [0.25, 0.3) is 0 Å². The molecule has 3 aromatic rings. The third-order valence-corrected chi connectivity index (χ3v) is 2.88. The van der Waals surface area contributed by atoms with Crippen LogP contribution in [0.25, 0.3) is 16.6 Å². The van der Waals surface area contributed by atoms with Gasteiger partial charge in [0, 0.05) is 11.6 Å². The number of hydrogen-bond donors (Lipinski definition) is 0. The average molecular weight is 222 g/mol. The molecule has 0 saturated carbocycles. The molecule has 83 valence electrons. The van der Waals surface area contributed by atoms with E-state index in [0.29, 0.717) is 0 Å². The molecule has 1 aromatic heterocycles. The van der Waals surface area contributed by atoms with Crippen LogP contribution in [-0.2, 0) is 0 Å². The van der Waals surface area contributed by atoms with Crippen molar-refractivity contribution in [3.05, 3.63) is 60.8 Å². The van der Waals surface area contributed by atoms with E-state index >= 15 is 0 Å². The second-order valence-corrected chi connectivity index (χ2v) is 3.84. The molecule has 0 bridgehead atoms. The lowest BCUT2D eigenvalue weighted by Crippen LogP contribution is -1.95. The first-order valence-electron chi connectivity index (χ1n) is 5.51. The SMILES string of the molecule is COc1ccccc1-n1ccc2c[c]ccc21. The van der Waals surface area contributed by atoms with Crippen LogP contribution in [0.3, 0.4) is 0 Å². The average Bonchev–Trinajstić information content (AvgIpc) is 2.82. The molecule has 3 rings (SSSR count). The third-order valence-electron chi connectivity index (χ3n) is 2.88.